The number of fused-ring (bicyclic) bond motifs is 10. The number of aromatic amines is 2. The summed E-state index contributed by atoms with van der Waals surface area (Å²) in [5.41, 5.74) is -18.2. The third-order valence-corrected chi connectivity index (χ3v) is 17.2. The number of halogens is 20. The third-order valence-electron chi connectivity index (χ3n) is 17.2. The zero-order valence-electron chi connectivity index (χ0n) is 44.2. The lowest BCUT2D eigenvalue weighted by molar-refractivity contribution is 0.380. The zero-order valence-corrected chi connectivity index (χ0v) is 44.2. The van der Waals surface area contributed by atoms with Gasteiger partial charge in [-0.25, -0.2) is 92.8 Å². The highest BCUT2D eigenvalue weighted by Crippen LogP contribution is 2.69. The minimum Gasteiger partial charge on any atom is -0.354 e. The Morgan fingerprint density at radius 1 is 0.244 bits per heavy atom. The number of aromatic nitrogens is 4. The van der Waals surface area contributed by atoms with Gasteiger partial charge in [-0.2, -0.15) is 0 Å². The predicted molar refractivity (Wildman–Crippen MR) is 288 cm³/mol. The largest absolute Gasteiger partial charge is 0.354 e. The highest BCUT2D eigenvalue weighted by atomic mass is 19.2. The Morgan fingerprint density at radius 3 is 0.722 bits per heavy atom. The number of H-pyrrole nitrogens is 2. The van der Waals surface area contributed by atoms with Crippen molar-refractivity contribution < 1.29 is 87.8 Å². The number of nitrogens with zero attached hydrogens (tertiary/aromatic N) is 2. The second-order valence-electron chi connectivity index (χ2n) is 21.6. The van der Waals surface area contributed by atoms with E-state index in [9.17, 15) is 8.78 Å². The maximum Gasteiger partial charge on any atom is 0.200 e. The lowest BCUT2D eigenvalue weighted by Gasteiger charge is -2.49. The van der Waals surface area contributed by atoms with Gasteiger partial charge in [0.25, 0.3) is 0 Å². The summed E-state index contributed by atoms with van der Waals surface area (Å²) in [4.78, 5) is 13.9. The standard InChI is InChI=1S/C66H24F20N4/c67-45-41(46(68)54(76)61(83)53(45)75)35-27-9-10-28(87-27)36(42-47(69)55(77)62(84)56(78)48(42)70)30-12-14-32(89-30)38(44-51(73)59(81)64(86)60(82)52(44)74)66-40-34-24-16-20-6-2-1-5-19(20)15-23(24)33(25-17-21-7-3-4-8-22(21)18-26(25)34)39(40)65(90-66)37(31-13-11-29(35)88-31)43-49(71)57(79)63(85)58(80)50(43)72/h1-18,33-34,39-40,88-89H. The number of nitrogens with one attached hydrogen (secondary N) is 2. The molecule has 16 rings (SSSR count). The molecule has 0 spiro atoms. The first-order valence-electron chi connectivity index (χ1n) is 26.6. The van der Waals surface area contributed by atoms with Gasteiger partial charge in [0.05, 0.1) is 45.0 Å². The van der Waals surface area contributed by atoms with Crippen LogP contribution in [-0.4, -0.2) is 19.9 Å². The third kappa shape index (κ3) is 7.52. The number of benzene rings is 8. The van der Waals surface area contributed by atoms with Crippen LogP contribution < -0.4 is 0 Å². The second-order valence-corrected chi connectivity index (χ2v) is 21.6. The van der Waals surface area contributed by atoms with E-state index >= 15 is 79.0 Å². The van der Waals surface area contributed by atoms with Gasteiger partial charge >= 0.3 is 0 Å². The first kappa shape index (κ1) is 56.3. The van der Waals surface area contributed by atoms with Gasteiger partial charge in [0.15, 0.2) is 93.1 Å². The Kier molecular flexibility index (Phi) is 12.3. The van der Waals surface area contributed by atoms with Crippen LogP contribution in [0.2, 0.25) is 0 Å². The molecule has 0 radical (unpaired) electrons. The summed E-state index contributed by atoms with van der Waals surface area (Å²) in [6.45, 7) is 0. The molecule has 2 aliphatic heterocycles. The van der Waals surface area contributed by atoms with Crippen LogP contribution in [0.5, 0.6) is 0 Å². The summed E-state index contributed by atoms with van der Waals surface area (Å²) < 4.78 is 322. The Bertz CT molecular complexity index is 4850. The summed E-state index contributed by atoms with van der Waals surface area (Å²) >= 11 is 0. The highest BCUT2D eigenvalue weighted by molar-refractivity contribution is 5.99. The molecule has 10 bridgehead atoms. The van der Waals surface area contributed by atoms with E-state index in [-0.39, 0.29) is 0 Å². The zero-order chi connectivity index (χ0) is 63.3. The number of hydrogen-bond acceptors (Lipinski definition) is 2. The fraction of sp³-hybridized carbons (Fsp3) is 0.0606. The van der Waals surface area contributed by atoms with Crippen LogP contribution in [0, 0.1) is 116 Å². The summed E-state index contributed by atoms with van der Waals surface area (Å²) in [7, 11) is 0. The van der Waals surface area contributed by atoms with Gasteiger partial charge in [-0.1, -0.05) is 72.8 Å². The summed E-state index contributed by atoms with van der Waals surface area (Å²) in [5, 5.41) is 2.17. The molecule has 2 atom stereocenters. The molecule has 0 fully saturated rings. The van der Waals surface area contributed by atoms with E-state index in [1.165, 1.54) is 0 Å². The monoisotopic (exact) mass is 1250 g/mol. The van der Waals surface area contributed by atoms with E-state index in [4.69, 9.17) is 4.98 Å². The molecule has 5 aliphatic rings. The van der Waals surface area contributed by atoms with Gasteiger partial charge in [0.2, 0.25) is 23.3 Å². The molecular formula is C66H24F20N4. The van der Waals surface area contributed by atoms with Crippen LogP contribution in [0.4, 0.5) is 87.8 Å². The Labute approximate surface area is 488 Å². The van der Waals surface area contributed by atoms with Gasteiger partial charge < -0.3 is 9.97 Å². The molecule has 0 saturated heterocycles. The number of rotatable bonds is 4. The van der Waals surface area contributed by atoms with Crippen molar-refractivity contribution in [3.63, 3.8) is 0 Å². The molecule has 11 aromatic rings. The van der Waals surface area contributed by atoms with Crippen molar-refractivity contribution in [2.45, 2.75) is 23.7 Å². The molecule has 5 heterocycles. The molecule has 90 heavy (non-hydrogen) atoms. The molecule has 0 saturated carbocycles. The van der Waals surface area contributed by atoms with Crippen molar-refractivity contribution in [3.05, 3.63) is 258 Å². The molecule has 2 N–H and O–H groups in total. The van der Waals surface area contributed by atoms with Crippen molar-refractivity contribution >= 4 is 55.8 Å². The first-order valence-corrected chi connectivity index (χ1v) is 26.6. The normalized spacial score (nSPS) is 16.4. The van der Waals surface area contributed by atoms with Gasteiger partial charge in [-0.15, -0.1) is 0 Å². The molecule has 3 aliphatic carbocycles. The molecule has 448 valence electrons. The topological polar surface area (TPSA) is 57.4 Å². The van der Waals surface area contributed by atoms with Crippen LogP contribution in [0.3, 0.4) is 0 Å². The van der Waals surface area contributed by atoms with E-state index < -0.39 is 229 Å². The molecule has 3 aromatic heterocycles. The lowest BCUT2D eigenvalue weighted by Crippen LogP contribution is -2.35. The summed E-state index contributed by atoms with van der Waals surface area (Å²) in [5.74, 6) is -58.6. The molecule has 8 aromatic carbocycles. The van der Waals surface area contributed by atoms with Crippen molar-refractivity contribution in [2.75, 3.05) is 0 Å². The maximum atomic E-state index is 17.2. The highest BCUT2D eigenvalue weighted by Gasteiger charge is 2.56. The van der Waals surface area contributed by atoms with Crippen LogP contribution in [0.25, 0.3) is 100 Å². The molecule has 24 heteroatoms. The van der Waals surface area contributed by atoms with Crippen LogP contribution in [0.15, 0.2) is 97.1 Å². The van der Waals surface area contributed by atoms with Gasteiger partial charge in [0.1, 0.15) is 0 Å². The van der Waals surface area contributed by atoms with Gasteiger partial charge in [-0.3, -0.25) is 4.98 Å². The van der Waals surface area contributed by atoms with E-state index in [0.717, 1.165) is 12.1 Å². The maximum absolute atomic E-state index is 17.2. The fourth-order valence-electron chi connectivity index (χ4n) is 13.4. The lowest BCUT2D eigenvalue weighted by atomic mass is 9.52. The smallest absolute Gasteiger partial charge is 0.200 e. The summed E-state index contributed by atoms with van der Waals surface area (Å²) in [6.07, 6.45) is 1.29. The summed E-state index contributed by atoms with van der Waals surface area (Å²) in [6, 6.07) is 23.1. The van der Waals surface area contributed by atoms with Crippen molar-refractivity contribution in [1.82, 2.24) is 19.9 Å². The quantitative estimate of drug-likeness (QED) is 0.105. The predicted octanol–water partition coefficient (Wildman–Crippen LogP) is 19.4. The van der Waals surface area contributed by atoms with Crippen LogP contribution >= 0.6 is 0 Å². The first-order chi connectivity index (χ1) is 43.0. The molecule has 0 amide bonds. The number of hydrogen-bond donors (Lipinski definition) is 2. The van der Waals surface area contributed by atoms with E-state index in [2.05, 4.69) is 15.0 Å². The average Bonchev–Trinajstić information content (AvgIpc) is 1.22. The Morgan fingerprint density at radius 2 is 0.467 bits per heavy atom. The van der Waals surface area contributed by atoms with Gasteiger partial charge in [-0.05, 0) is 80.2 Å². The Balaban J connectivity index is 1.24. The van der Waals surface area contributed by atoms with Crippen LogP contribution in [-0.2, 0) is 0 Å². The minimum atomic E-state index is -2.72. The van der Waals surface area contributed by atoms with Crippen molar-refractivity contribution in [3.8, 4) is 44.5 Å². The SMILES string of the molecule is Fc1c(F)c(F)c(-c2c3nc(c(-c4c(F)c(F)c(F)c(F)c4F)c4ccc([nH]4)c(-c4c(F)c(F)c(F)c(F)c4F)c4nc(c(-c5c(F)c(F)c(F)c(F)c5F)c5ccc2[nH]5)C2C5c6cc7ccccc7cc6C(c6cc7ccccc7cc65)C42)C=C3)c(F)c1F. The van der Waals surface area contributed by atoms with E-state index in [1.54, 1.807) is 72.8 Å². The van der Waals surface area contributed by atoms with Crippen molar-refractivity contribution in [2.24, 2.45) is 0 Å². The van der Waals surface area contributed by atoms with Crippen LogP contribution in [0.1, 0.15) is 68.7 Å². The fourth-order valence-corrected chi connectivity index (χ4v) is 13.4. The average molecular weight is 1250 g/mol. The molecule has 2 unspecified atom stereocenters. The second kappa shape index (κ2) is 19.6. The molecular weight excluding hydrogens is 1230 g/mol. The molecule has 4 nitrogen and oxygen atoms in total. The van der Waals surface area contributed by atoms with E-state index in [0.29, 0.717) is 68.1 Å². The van der Waals surface area contributed by atoms with Crippen molar-refractivity contribution in [1.29, 1.82) is 0 Å². The van der Waals surface area contributed by atoms with Gasteiger partial charge in [0, 0.05) is 68.0 Å². The minimum absolute atomic E-state index is 0.369. The Hall–Kier alpha value is -10.3. The van der Waals surface area contributed by atoms with E-state index in [1.807, 2.05) is 0 Å².